The van der Waals surface area contributed by atoms with Crippen molar-refractivity contribution in [3.8, 4) is 10.6 Å². The van der Waals surface area contributed by atoms with Gasteiger partial charge in [-0.15, -0.1) is 21.5 Å². The lowest BCUT2D eigenvalue weighted by atomic mass is 10.1. The van der Waals surface area contributed by atoms with Gasteiger partial charge < -0.3 is 11.5 Å². The quantitative estimate of drug-likeness (QED) is 0.686. The van der Waals surface area contributed by atoms with Crippen molar-refractivity contribution in [1.29, 1.82) is 0 Å². The Morgan fingerprint density at radius 3 is 2.64 bits per heavy atom. The number of nitrogen functional groups attached to an aromatic ring is 1. The van der Waals surface area contributed by atoms with Gasteiger partial charge in [0.2, 0.25) is 11.0 Å². The molecule has 0 aliphatic carbocycles. The zero-order valence-electron chi connectivity index (χ0n) is 11.2. The lowest BCUT2D eigenvalue weighted by Crippen LogP contribution is -2.10. The van der Waals surface area contributed by atoms with E-state index < -0.39 is 5.91 Å². The molecule has 0 aliphatic heterocycles. The minimum Gasteiger partial charge on any atom is -0.374 e. The van der Waals surface area contributed by atoms with E-state index in [1.807, 2.05) is 17.5 Å². The lowest BCUT2D eigenvalue weighted by Gasteiger charge is -1.98. The molecule has 6 nitrogen and oxygen atoms in total. The third-order valence-corrected chi connectivity index (χ3v) is 5.59. The maximum absolute atomic E-state index is 11.1. The molecule has 3 aromatic rings. The normalized spacial score (nSPS) is 10.7. The fourth-order valence-electron chi connectivity index (χ4n) is 1.70. The maximum atomic E-state index is 11.1. The topological polar surface area (TPSA) is 108 Å². The molecule has 1 amide bonds. The van der Waals surface area contributed by atoms with Crippen LogP contribution in [0.25, 0.3) is 10.6 Å². The zero-order chi connectivity index (χ0) is 15.5. The maximum Gasteiger partial charge on any atom is 0.248 e. The number of thiazole rings is 1. The first kappa shape index (κ1) is 14.9. The highest BCUT2D eigenvalue weighted by atomic mass is 32.2. The molecule has 112 valence electrons. The van der Waals surface area contributed by atoms with Crippen molar-refractivity contribution in [1.82, 2.24) is 15.2 Å². The monoisotopic (exact) mass is 349 g/mol. The van der Waals surface area contributed by atoms with Crippen molar-refractivity contribution in [2.45, 2.75) is 10.1 Å². The van der Waals surface area contributed by atoms with E-state index in [2.05, 4.69) is 15.2 Å². The molecule has 1 aromatic carbocycles. The van der Waals surface area contributed by atoms with Gasteiger partial charge in [0.1, 0.15) is 5.01 Å². The van der Waals surface area contributed by atoms with E-state index in [4.69, 9.17) is 11.5 Å². The summed E-state index contributed by atoms with van der Waals surface area (Å²) in [6, 6.07) is 7.11. The van der Waals surface area contributed by atoms with Gasteiger partial charge in [0.05, 0.1) is 5.69 Å². The molecule has 0 bridgehead atoms. The van der Waals surface area contributed by atoms with Crippen LogP contribution in [0.15, 0.2) is 34.0 Å². The van der Waals surface area contributed by atoms with E-state index in [9.17, 15) is 4.79 Å². The highest BCUT2D eigenvalue weighted by Gasteiger charge is 2.08. The Morgan fingerprint density at radius 1 is 1.23 bits per heavy atom. The highest BCUT2D eigenvalue weighted by Crippen LogP contribution is 2.29. The summed E-state index contributed by atoms with van der Waals surface area (Å²) in [5, 5.41) is 11.1. The van der Waals surface area contributed by atoms with Gasteiger partial charge in [-0.25, -0.2) is 4.98 Å². The van der Waals surface area contributed by atoms with Crippen LogP contribution in [0.2, 0.25) is 0 Å². The van der Waals surface area contributed by atoms with Gasteiger partial charge in [-0.2, -0.15) is 0 Å². The third-order valence-electron chi connectivity index (χ3n) is 2.73. The molecule has 0 atom stereocenters. The zero-order valence-corrected chi connectivity index (χ0v) is 13.7. The summed E-state index contributed by atoms with van der Waals surface area (Å²) >= 11 is 4.48. The van der Waals surface area contributed by atoms with Crippen molar-refractivity contribution in [2.75, 3.05) is 5.73 Å². The molecule has 2 aromatic heterocycles. The Morgan fingerprint density at radius 2 is 2.00 bits per heavy atom. The number of carbonyl (C=O) groups is 1. The van der Waals surface area contributed by atoms with Gasteiger partial charge >= 0.3 is 0 Å². The molecular formula is C13H11N5OS3. The summed E-state index contributed by atoms with van der Waals surface area (Å²) in [6.45, 7) is 0. The van der Waals surface area contributed by atoms with Gasteiger partial charge in [0, 0.05) is 22.3 Å². The number of nitrogens with zero attached hydrogens (tertiary/aromatic N) is 3. The number of nitrogens with two attached hydrogens (primary N) is 2. The van der Waals surface area contributed by atoms with Crippen LogP contribution in [-0.4, -0.2) is 21.1 Å². The third kappa shape index (κ3) is 3.43. The van der Waals surface area contributed by atoms with Gasteiger partial charge in [0.25, 0.3) is 0 Å². The number of hydrogen-bond acceptors (Lipinski definition) is 8. The van der Waals surface area contributed by atoms with Gasteiger partial charge in [-0.05, 0) is 12.1 Å². The molecular weight excluding hydrogens is 338 g/mol. The molecule has 0 unspecified atom stereocenters. The van der Waals surface area contributed by atoms with Crippen LogP contribution in [0.3, 0.4) is 0 Å². The number of primary amides is 1. The smallest absolute Gasteiger partial charge is 0.248 e. The molecule has 2 heterocycles. The summed E-state index contributed by atoms with van der Waals surface area (Å²) in [7, 11) is 0. The van der Waals surface area contributed by atoms with Crippen LogP contribution >= 0.6 is 34.4 Å². The second kappa shape index (κ2) is 6.42. The van der Waals surface area contributed by atoms with Gasteiger partial charge in [-0.1, -0.05) is 35.2 Å². The lowest BCUT2D eigenvalue weighted by molar-refractivity contribution is 0.100. The van der Waals surface area contributed by atoms with Crippen LogP contribution in [-0.2, 0) is 5.75 Å². The van der Waals surface area contributed by atoms with Crippen LogP contribution in [0.1, 0.15) is 16.1 Å². The van der Waals surface area contributed by atoms with Crippen molar-refractivity contribution in [3.63, 3.8) is 0 Å². The summed E-state index contributed by atoms with van der Waals surface area (Å²) in [5.41, 5.74) is 13.2. The number of benzene rings is 1. The Labute approximate surface area is 138 Å². The van der Waals surface area contributed by atoms with Crippen LogP contribution in [0, 0.1) is 0 Å². The van der Waals surface area contributed by atoms with Gasteiger partial charge in [0.15, 0.2) is 4.34 Å². The molecule has 0 radical (unpaired) electrons. The van der Waals surface area contributed by atoms with E-state index in [0.29, 0.717) is 16.4 Å². The number of rotatable bonds is 5. The van der Waals surface area contributed by atoms with Crippen molar-refractivity contribution in [2.24, 2.45) is 5.73 Å². The Kier molecular flexibility index (Phi) is 4.36. The second-order valence-electron chi connectivity index (χ2n) is 4.28. The predicted octanol–water partition coefficient (Wildman–Crippen LogP) is 2.64. The van der Waals surface area contributed by atoms with Crippen LogP contribution in [0.4, 0.5) is 5.13 Å². The standard InChI is InChI=1S/C13H11N5OS3/c14-10(19)7-1-3-8(4-2-7)11-16-9(5-20-11)6-21-13-18-17-12(15)22-13/h1-5H,6H2,(H2,14,19)(H2,15,17). The van der Waals surface area contributed by atoms with E-state index in [1.54, 1.807) is 35.2 Å². The summed E-state index contributed by atoms with van der Waals surface area (Å²) in [5.74, 6) is 0.281. The fourth-order valence-corrected chi connectivity index (χ4v) is 4.16. The molecule has 0 spiro atoms. The molecule has 22 heavy (non-hydrogen) atoms. The number of hydrogen-bond donors (Lipinski definition) is 2. The number of anilines is 1. The summed E-state index contributed by atoms with van der Waals surface area (Å²) in [4.78, 5) is 15.6. The Bertz CT molecular complexity index is 796. The fraction of sp³-hybridized carbons (Fsp3) is 0.0769. The van der Waals surface area contributed by atoms with E-state index in [1.165, 1.54) is 11.3 Å². The minimum absolute atomic E-state index is 0.431. The average molecular weight is 349 g/mol. The summed E-state index contributed by atoms with van der Waals surface area (Å²) in [6.07, 6.45) is 0. The highest BCUT2D eigenvalue weighted by molar-refractivity contribution is 8.00. The van der Waals surface area contributed by atoms with E-state index in [-0.39, 0.29) is 0 Å². The first-order chi connectivity index (χ1) is 10.6. The Hall–Kier alpha value is -1.97. The first-order valence-corrected chi connectivity index (χ1v) is 8.86. The molecule has 3 rings (SSSR count). The number of amides is 1. The Balaban J connectivity index is 1.69. The van der Waals surface area contributed by atoms with E-state index in [0.717, 1.165) is 20.6 Å². The molecule has 0 saturated heterocycles. The molecule has 0 saturated carbocycles. The SMILES string of the molecule is NC(=O)c1ccc(-c2nc(CSc3nnc(N)s3)cs2)cc1. The summed E-state index contributed by atoms with van der Waals surface area (Å²) < 4.78 is 0.831. The predicted molar refractivity (Wildman–Crippen MR) is 90.0 cm³/mol. The number of carbonyl (C=O) groups excluding carboxylic acids is 1. The number of thioether (sulfide) groups is 1. The molecule has 0 aliphatic rings. The average Bonchev–Trinajstić information content (AvgIpc) is 3.14. The van der Waals surface area contributed by atoms with Gasteiger partial charge in [-0.3, -0.25) is 4.79 Å². The second-order valence-corrected chi connectivity index (χ2v) is 7.37. The van der Waals surface area contributed by atoms with Crippen LogP contribution in [0.5, 0.6) is 0 Å². The van der Waals surface area contributed by atoms with Crippen LogP contribution < -0.4 is 11.5 Å². The molecule has 4 N–H and O–H groups in total. The first-order valence-electron chi connectivity index (χ1n) is 6.18. The van der Waals surface area contributed by atoms with Crippen molar-refractivity contribution >= 4 is 45.5 Å². The van der Waals surface area contributed by atoms with Crippen molar-refractivity contribution < 1.29 is 4.79 Å². The molecule has 9 heteroatoms. The minimum atomic E-state index is -0.431. The van der Waals surface area contributed by atoms with E-state index >= 15 is 0 Å². The van der Waals surface area contributed by atoms with Crippen molar-refractivity contribution in [3.05, 3.63) is 40.9 Å². The largest absolute Gasteiger partial charge is 0.374 e. The molecule has 0 fully saturated rings. The number of aromatic nitrogens is 3.